The highest BCUT2D eigenvalue weighted by Gasteiger charge is 2.21. The highest BCUT2D eigenvalue weighted by atomic mass is 19.3. The molecule has 1 aliphatic rings. The van der Waals surface area contributed by atoms with Gasteiger partial charge in [-0.15, -0.1) is 0 Å². The van der Waals surface area contributed by atoms with E-state index in [-0.39, 0.29) is 17.4 Å². The van der Waals surface area contributed by atoms with E-state index in [4.69, 9.17) is 4.74 Å². The predicted octanol–water partition coefficient (Wildman–Crippen LogP) is 4.28. The van der Waals surface area contributed by atoms with Crippen LogP contribution in [0.4, 0.5) is 14.5 Å². The number of aryl methyl sites for hydroxylation is 1. The molecule has 0 atom stereocenters. The van der Waals surface area contributed by atoms with Crippen LogP contribution in [0.1, 0.15) is 16.7 Å². The third-order valence-corrected chi connectivity index (χ3v) is 5.33. The Hall–Kier alpha value is -3.09. The summed E-state index contributed by atoms with van der Waals surface area (Å²) in [6, 6.07) is 10.8. The smallest absolute Gasteiger partial charge is 0.387 e. The number of alkyl halides is 2. The van der Waals surface area contributed by atoms with Gasteiger partial charge >= 0.3 is 6.61 Å². The summed E-state index contributed by atoms with van der Waals surface area (Å²) in [5, 5.41) is 0. The Bertz CT molecular complexity index is 923. The molecule has 1 amide bonds. The van der Waals surface area contributed by atoms with Crippen LogP contribution in [0.5, 0.6) is 11.5 Å². The van der Waals surface area contributed by atoms with Crippen molar-refractivity contribution in [2.45, 2.75) is 20.5 Å². The maximum Gasteiger partial charge on any atom is 0.387 e. The molecule has 0 aromatic heterocycles. The summed E-state index contributed by atoms with van der Waals surface area (Å²) in [6.07, 6.45) is 3.14. The largest absolute Gasteiger partial charge is 0.493 e. The maximum absolute atomic E-state index is 12.6. The molecular weight excluding hydrogens is 390 g/mol. The molecule has 0 bridgehead atoms. The first-order valence-electron chi connectivity index (χ1n) is 9.80. The Kier molecular flexibility index (Phi) is 6.92. The molecule has 7 heteroatoms. The zero-order chi connectivity index (χ0) is 21.7. The molecule has 160 valence electrons. The number of carbonyl (C=O) groups excluding carboxylic acids is 1. The van der Waals surface area contributed by atoms with E-state index in [1.54, 1.807) is 18.2 Å². The summed E-state index contributed by atoms with van der Waals surface area (Å²) < 4.78 is 34.4. The van der Waals surface area contributed by atoms with Crippen LogP contribution in [0.25, 0.3) is 6.08 Å². The molecule has 2 aromatic rings. The second-order valence-electron chi connectivity index (χ2n) is 7.15. The van der Waals surface area contributed by atoms with Gasteiger partial charge in [0, 0.05) is 37.9 Å². The summed E-state index contributed by atoms with van der Waals surface area (Å²) >= 11 is 0. The first-order chi connectivity index (χ1) is 14.4. The normalized spacial score (nSPS) is 14.5. The number of carbonyl (C=O) groups is 1. The number of halogens is 2. The molecule has 1 saturated heterocycles. The van der Waals surface area contributed by atoms with Crippen LogP contribution in [0.2, 0.25) is 0 Å². The Morgan fingerprint density at radius 3 is 2.47 bits per heavy atom. The lowest BCUT2D eigenvalue weighted by molar-refractivity contribution is -0.126. The Morgan fingerprint density at radius 1 is 1.07 bits per heavy atom. The minimum atomic E-state index is -2.93. The number of hydrogen-bond acceptors (Lipinski definition) is 4. The summed E-state index contributed by atoms with van der Waals surface area (Å²) in [6.45, 7) is 4.13. The van der Waals surface area contributed by atoms with Gasteiger partial charge in [0.15, 0.2) is 11.5 Å². The molecule has 0 unspecified atom stereocenters. The van der Waals surface area contributed by atoms with Crippen LogP contribution in [-0.4, -0.2) is 50.7 Å². The molecular formula is C23H26F2N2O3. The Labute approximate surface area is 175 Å². The van der Waals surface area contributed by atoms with Crippen molar-refractivity contribution in [1.82, 2.24) is 4.90 Å². The molecule has 3 rings (SSSR count). The van der Waals surface area contributed by atoms with Crippen molar-refractivity contribution in [3.8, 4) is 11.5 Å². The molecule has 1 aliphatic heterocycles. The van der Waals surface area contributed by atoms with E-state index in [1.165, 1.54) is 36.1 Å². The number of anilines is 1. The van der Waals surface area contributed by atoms with Gasteiger partial charge in [-0.1, -0.05) is 18.2 Å². The lowest BCUT2D eigenvalue weighted by Crippen LogP contribution is -2.48. The van der Waals surface area contributed by atoms with Crippen molar-refractivity contribution in [3.63, 3.8) is 0 Å². The molecule has 0 spiro atoms. The van der Waals surface area contributed by atoms with E-state index in [0.717, 1.165) is 13.1 Å². The second kappa shape index (κ2) is 9.61. The minimum Gasteiger partial charge on any atom is -0.493 e. The molecule has 0 saturated carbocycles. The SMILES string of the molecule is COc1cc(C=CC(=O)N2CCN(c3cccc(C)c3C)CC2)ccc1OC(F)F. The number of hydrogen-bond donors (Lipinski definition) is 0. The van der Waals surface area contributed by atoms with Gasteiger partial charge in [0.1, 0.15) is 0 Å². The van der Waals surface area contributed by atoms with Crippen LogP contribution in [0, 0.1) is 13.8 Å². The lowest BCUT2D eigenvalue weighted by Gasteiger charge is -2.36. The molecule has 1 heterocycles. The number of methoxy groups -OCH3 is 1. The summed E-state index contributed by atoms with van der Waals surface area (Å²) in [5.41, 5.74) is 4.41. The summed E-state index contributed by atoms with van der Waals surface area (Å²) in [5.74, 6) is 0.0630. The predicted molar refractivity (Wildman–Crippen MR) is 113 cm³/mol. The van der Waals surface area contributed by atoms with E-state index >= 15 is 0 Å². The van der Waals surface area contributed by atoms with Crippen molar-refractivity contribution < 1.29 is 23.0 Å². The lowest BCUT2D eigenvalue weighted by atomic mass is 10.1. The number of piperazine rings is 1. The highest BCUT2D eigenvalue weighted by Crippen LogP contribution is 2.30. The number of amides is 1. The topological polar surface area (TPSA) is 42.0 Å². The van der Waals surface area contributed by atoms with Crippen LogP contribution in [-0.2, 0) is 4.79 Å². The Balaban J connectivity index is 1.60. The van der Waals surface area contributed by atoms with Crippen molar-refractivity contribution in [3.05, 3.63) is 59.2 Å². The summed E-state index contributed by atoms with van der Waals surface area (Å²) in [4.78, 5) is 16.7. The van der Waals surface area contributed by atoms with Crippen molar-refractivity contribution in [1.29, 1.82) is 0 Å². The number of benzene rings is 2. The third kappa shape index (κ3) is 5.09. The first-order valence-corrected chi connectivity index (χ1v) is 9.80. The van der Waals surface area contributed by atoms with Gasteiger partial charge in [0.25, 0.3) is 0 Å². The minimum absolute atomic E-state index is 0.0430. The van der Waals surface area contributed by atoms with E-state index in [1.807, 2.05) is 4.90 Å². The van der Waals surface area contributed by atoms with Crippen LogP contribution in [0.15, 0.2) is 42.5 Å². The van der Waals surface area contributed by atoms with E-state index in [9.17, 15) is 13.6 Å². The molecule has 0 radical (unpaired) electrons. The highest BCUT2D eigenvalue weighted by molar-refractivity contribution is 5.92. The van der Waals surface area contributed by atoms with E-state index in [2.05, 4.69) is 41.7 Å². The number of ether oxygens (including phenoxy) is 2. The second-order valence-corrected chi connectivity index (χ2v) is 7.15. The van der Waals surface area contributed by atoms with Gasteiger partial charge in [0.2, 0.25) is 5.91 Å². The first kappa shape index (κ1) is 21.6. The standard InChI is InChI=1S/C23H26F2N2O3/c1-16-5-4-6-19(17(16)2)26-11-13-27(14-12-26)22(28)10-8-18-7-9-20(30-23(24)25)21(15-18)29-3/h4-10,15,23H,11-14H2,1-3H3. The average molecular weight is 416 g/mol. The third-order valence-electron chi connectivity index (χ3n) is 5.33. The fourth-order valence-electron chi connectivity index (χ4n) is 3.50. The average Bonchev–Trinajstić information content (AvgIpc) is 2.74. The fraction of sp³-hybridized carbons (Fsp3) is 0.348. The molecule has 1 fully saturated rings. The maximum atomic E-state index is 12.6. The van der Waals surface area contributed by atoms with Crippen molar-refractivity contribution >= 4 is 17.7 Å². The van der Waals surface area contributed by atoms with Crippen molar-refractivity contribution in [2.75, 3.05) is 38.2 Å². The van der Waals surface area contributed by atoms with Crippen LogP contribution in [0.3, 0.4) is 0 Å². The molecule has 0 N–H and O–H groups in total. The van der Waals surface area contributed by atoms with Gasteiger partial charge in [-0.2, -0.15) is 8.78 Å². The number of nitrogens with zero attached hydrogens (tertiary/aromatic N) is 2. The van der Waals surface area contributed by atoms with Crippen LogP contribution >= 0.6 is 0 Å². The van der Waals surface area contributed by atoms with Gasteiger partial charge in [-0.05, 0) is 54.8 Å². The van der Waals surface area contributed by atoms with Gasteiger partial charge < -0.3 is 19.3 Å². The monoisotopic (exact) mass is 416 g/mol. The summed E-state index contributed by atoms with van der Waals surface area (Å²) in [7, 11) is 1.38. The molecule has 2 aromatic carbocycles. The fourth-order valence-corrected chi connectivity index (χ4v) is 3.50. The molecule has 30 heavy (non-hydrogen) atoms. The van der Waals surface area contributed by atoms with E-state index in [0.29, 0.717) is 18.7 Å². The molecule has 0 aliphatic carbocycles. The number of rotatable bonds is 6. The zero-order valence-electron chi connectivity index (χ0n) is 17.4. The van der Waals surface area contributed by atoms with Gasteiger partial charge in [-0.3, -0.25) is 4.79 Å². The van der Waals surface area contributed by atoms with Gasteiger partial charge in [0.05, 0.1) is 7.11 Å². The van der Waals surface area contributed by atoms with Gasteiger partial charge in [-0.25, -0.2) is 0 Å². The van der Waals surface area contributed by atoms with Crippen molar-refractivity contribution in [2.24, 2.45) is 0 Å². The quantitative estimate of drug-likeness (QED) is 0.660. The molecule has 5 nitrogen and oxygen atoms in total. The van der Waals surface area contributed by atoms with E-state index < -0.39 is 6.61 Å². The Morgan fingerprint density at radius 2 is 1.80 bits per heavy atom. The zero-order valence-corrected chi connectivity index (χ0v) is 17.4. The van der Waals surface area contributed by atoms with Crippen LogP contribution < -0.4 is 14.4 Å².